The molecule has 5 aromatic rings. The molecule has 0 fully saturated rings. The molecule has 10 heteroatoms. The molecule has 0 saturated heterocycles. The Hall–Kier alpha value is -4.99. The molecule has 3 aromatic heterocycles. The van der Waals surface area contributed by atoms with Crippen molar-refractivity contribution in [2.45, 2.75) is 0 Å². The standard InChI is InChI=1S/C23H14N4O6/c28-22(20-11-10-18(32-20)14-5-3-6-15(13-14)27(29)30)24-17-8-2-1-7-16(17)23-25-21(26-33-23)19-9-4-12-31-19/h1-13H,(H,24,28). The van der Waals surface area contributed by atoms with Crippen LogP contribution in [0.4, 0.5) is 11.4 Å². The largest absolute Gasteiger partial charge is 0.461 e. The number of amides is 1. The Labute approximate surface area is 185 Å². The maximum absolute atomic E-state index is 12.8. The van der Waals surface area contributed by atoms with Gasteiger partial charge >= 0.3 is 0 Å². The maximum atomic E-state index is 12.8. The molecule has 3 heterocycles. The number of carbonyl (C=O) groups is 1. The first-order chi connectivity index (χ1) is 16.1. The maximum Gasteiger partial charge on any atom is 0.291 e. The fourth-order valence-electron chi connectivity index (χ4n) is 3.19. The summed E-state index contributed by atoms with van der Waals surface area (Å²) in [5.41, 5.74) is 1.37. The number of rotatable bonds is 6. The zero-order valence-corrected chi connectivity index (χ0v) is 16.8. The van der Waals surface area contributed by atoms with Crippen LogP contribution in [-0.4, -0.2) is 21.0 Å². The van der Waals surface area contributed by atoms with E-state index in [0.717, 1.165) is 0 Å². The van der Waals surface area contributed by atoms with Crippen LogP contribution in [0.5, 0.6) is 0 Å². The van der Waals surface area contributed by atoms with Crippen LogP contribution in [0.25, 0.3) is 34.4 Å². The van der Waals surface area contributed by atoms with Gasteiger partial charge in [0.25, 0.3) is 17.5 Å². The van der Waals surface area contributed by atoms with Gasteiger partial charge in [-0.15, -0.1) is 0 Å². The van der Waals surface area contributed by atoms with Crippen molar-refractivity contribution in [3.05, 3.63) is 94.9 Å². The first-order valence-electron chi connectivity index (χ1n) is 9.71. The van der Waals surface area contributed by atoms with E-state index in [0.29, 0.717) is 28.3 Å². The molecule has 0 unspecified atom stereocenters. The van der Waals surface area contributed by atoms with Crippen molar-refractivity contribution in [3.8, 4) is 34.4 Å². The number of nitro benzene ring substituents is 1. The van der Waals surface area contributed by atoms with E-state index in [9.17, 15) is 14.9 Å². The summed E-state index contributed by atoms with van der Waals surface area (Å²) in [6.45, 7) is 0. The number of aromatic nitrogens is 2. The van der Waals surface area contributed by atoms with Crippen LogP contribution >= 0.6 is 0 Å². The molecule has 33 heavy (non-hydrogen) atoms. The lowest BCUT2D eigenvalue weighted by atomic mass is 10.1. The molecule has 5 rings (SSSR count). The quantitative estimate of drug-likeness (QED) is 0.272. The molecule has 0 atom stereocenters. The van der Waals surface area contributed by atoms with Crippen molar-refractivity contribution < 1.29 is 23.1 Å². The smallest absolute Gasteiger partial charge is 0.291 e. The number of anilines is 1. The summed E-state index contributed by atoms with van der Waals surface area (Å²) in [6.07, 6.45) is 1.50. The molecule has 2 aromatic carbocycles. The van der Waals surface area contributed by atoms with Gasteiger partial charge in [-0.1, -0.05) is 29.4 Å². The molecule has 0 aliphatic carbocycles. The Morgan fingerprint density at radius 1 is 0.970 bits per heavy atom. The van der Waals surface area contributed by atoms with E-state index in [2.05, 4.69) is 15.5 Å². The summed E-state index contributed by atoms with van der Waals surface area (Å²) < 4.78 is 16.3. The second kappa shape index (κ2) is 8.27. The molecule has 0 saturated carbocycles. The summed E-state index contributed by atoms with van der Waals surface area (Å²) >= 11 is 0. The summed E-state index contributed by atoms with van der Waals surface area (Å²) in [7, 11) is 0. The molecule has 1 N–H and O–H groups in total. The summed E-state index contributed by atoms with van der Waals surface area (Å²) in [6, 6.07) is 19.4. The SMILES string of the molecule is O=C(Nc1ccccc1-c1nc(-c2ccco2)no1)c1ccc(-c2cccc([N+](=O)[O-])c2)o1. The lowest BCUT2D eigenvalue weighted by molar-refractivity contribution is -0.384. The third-order valence-corrected chi connectivity index (χ3v) is 4.74. The van der Waals surface area contributed by atoms with Crippen LogP contribution in [0, 0.1) is 10.1 Å². The molecule has 0 spiro atoms. The lowest BCUT2D eigenvalue weighted by Crippen LogP contribution is -2.11. The van der Waals surface area contributed by atoms with Gasteiger partial charge in [0.15, 0.2) is 11.5 Å². The Balaban J connectivity index is 1.39. The highest BCUT2D eigenvalue weighted by atomic mass is 16.6. The van der Waals surface area contributed by atoms with E-state index < -0.39 is 10.8 Å². The van der Waals surface area contributed by atoms with E-state index in [4.69, 9.17) is 13.4 Å². The minimum atomic E-state index is -0.509. The first kappa shape index (κ1) is 19.9. The minimum Gasteiger partial charge on any atom is -0.461 e. The number of hydrogen-bond donors (Lipinski definition) is 1. The van der Waals surface area contributed by atoms with Gasteiger partial charge in [0, 0.05) is 17.7 Å². The van der Waals surface area contributed by atoms with Crippen molar-refractivity contribution in [2.75, 3.05) is 5.32 Å². The van der Waals surface area contributed by atoms with Gasteiger partial charge in [-0.25, -0.2) is 0 Å². The van der Waals surface area contributed by atoms with E-state index in [1.807, 2.05) is 0 Å². The van der Waals surface area contributed by atoms with Gasteiger partial charge in [0.1, 0.15) is 5.76 Å². The first-order valence-corrected chi connectivity index (χ1v) is 9.71. The van der Waals surface area contributed by atoms with Gasteiger partial charge in [0.2, 0.25) is 5.82 Å². The van der Waals surface area contributed by atoms with Crippen LogP contribution in [0.15, 0.2) is 92.4 Å². The van der Waals surface area contributed by atoms with Crippen LogP contribution in [0.2, 0.25) is 0 Å². The van der Waals surface area contributed by atoms with Gasteiger partial charge in [-0.2, -0.15) is 4.98 Å². The molecule has 0 radical (unpaired) electrons. The topological polar surface area (TPSA) is 137 Å². The summed E-state index contributed by atoms with van der Waals surface area (Å²) in [4.78, 5) is 27.7. The van der Waals surface area contributed by atoms with E-state index >= 15 is 0 Å². The number of carbonyl (C=O) groups excluding carboxylic acids is 1. The summed E-state index contributed by atoms with van der Waals surface area (Å²) in [5, 5.41) is 17.7. The Morgan fingerprint density at radius 2 is 1.85 bits per heavy atom. The van der Waals surface area contributed by atoms with Gasteiger partial charge in [-0.3, -0.25) is 14.9 Å². The molecule has 0 bridgehead atoms. The zero-order chi connectivity index (χ0) is 22.8. The number of benzene rings is 2. The number of nitro groups is 1. The predicted octanol–water partition coefficient (Wildman–Crippen LogP) is 5.42. The zero-order valence-electron chi connectivity index (χ0n) is 16.8. The molecule has 10 nitrogen and oxygen atoms in total. The van der Waals surface area contributed by atoms with Gasteiger partial charge < -0.3 is 18.7 Å². The van der Waals surface area contributed by atoms with Crippen LogP contribution in [0.1, 0.15) is 10.6 Å². The molecule has 0 aliphatic rings. The predicted molar refractivity (Wildman–Crippen MR) is 116 cm³/mol. The minimum absolute atomic E-state index is 0.0353. The number of non-ortho nitro benzene ring substituents is 1. The van der Waals surface area contributed by atoms with Crippen LogP contribution in [0.3, 0.4) is 0 Å². The van der Waals surface area contributed by atoms with Gasteiger partial charge in [0.05, 0.1) is 22.4 Å². The van der Waals surface area contributed by atoms with Crippen molar-refractivity contribution in [3.63, 3.8) is 0 Å². The molecule has 0 aliphatic heterocycles. The number of hydrogen-bond acceptors (Lipinski definition) is 8. The third kappa shape index (κ3) is 4.00. The Kier molecular flexibility index (Phi) is 5.00. The lowest BCUT2D eigenvalue weighted by Gasteiger charge is -2.07. The fourth-order valence-corrected chi connectivity index (χ4v) is 3.19. The monoisotopic (exact) mass is 442 g/mol. The normalized spacial score (nSPS) is 10.8. The molecular formula is C23H14N4O6. The van der Waals surface area contributed by atoms with Gasteiger partial charge in [-0.05, 0) is 36.4 Å². The number of para-hydroxylation sites is 1. The number of nitrogens with zero attached hydrogens (tertiary/aromatic N) is 3. The number of nitrogens with one attached hydrogen (secondary N) is 1. The molecular weight excluding hydrogens is 428 g/mol. The average molecular weight is 442 g/mol. The Morgan fingerprint density at radius 3 is 2.67 bits per heavy atom. The highest BCUT2D eigenvalue weighted by Crippen LogP contribution is 2.30. The van der Waals surface area contributed by atoms with Crippen molar-refractivity contribution in [2.24, 2.45) is 0 Å². The third-order valence-electron chi connectivity index (χ3n) is 4.74. The summed E-state index contributed by atoms with van der Waals surface area (Å²) in [5.74, 6) is 0.795. The van der Waals surface area contributed by atoms with Crippen molar-refractivity contribution in [1.82, 2.24) is 10.1 Å². The van der Waals surface area contributed by atoms with E-state index in [1.165, 1.54) is 24.5 Å². The second-order valence-corrected chi connectivity index (χ2v) is 6.87. The van der Waals surface area contributed by atoms with Crippen LogP contribution < -0.4 is 5.32 Å². The van der Waals surface area contributed by atoms with E-state index in [-0.39, 0.29) is 23.2 Å². The average Bonchev–Trinajstić information content (AvgIpc) is 3.61. The van der Waals surface area contributed by atoms with Crippen molar-refractivity contribution >= 4 is 17.3 Å². The Bertz CT molecular complexity index is 1450. The highest BCUT2D eigenvalue weighted by Gasteiger charge is 2.19. The fraction of sp³-hybridized carbons (Fsp3) is 0. The second-order valence-electron chi connectivity index (χ2n) is 6.87. The van der Waals surface area contributed by atoms with Crippen LogP contribution in [-0.2, 0) is 0 Å². The van der Waals surface area contributed by atoms with E-state index in [1.54, 1.807) is 54.6 Å². The molecule has 1 amide bonds. The molecule has 162 valence electrons. The van der Waals surface area contributed by atoms with Crippen molar-refractivity contribution in [1.29, 1.82) is 0 Å². The number of furan rings is 2. The highest BCUT2D eigenvalue weighted by molar-refractivity contribution is 6.04.